The van der Waals surface area contributed by atoms with Gasteiger partial charge in [-0.15, -0.1) is 0 Å². The van der Waals surface area contributed by atoms with E-state index in [4.69, 9.17) is 5.11 Å². The molecule has 0 fully saturated rings. The number of hydrogen-bond donors (Lipinski definition) is 1. The smallest absolute Gasteiger partial charge is 0.416 e. The van der Waals surface area contributed by atoms with Crippen molar-refractivity contribution in [2.75, 3.05) is 0 Å². The van der Waals surface area contributed by atoms with Crippen LogP contribution in [0.25, 0.3) is 11.4 Å². The van der Waals surface area contributed by atoms with Crippen LogP contribution >= 0.6 is 11.5 Å². The number of alkyl halides is 3. The van der Waals surface area contributed by atoms with Crippen molar-refractivity contribution in [2.24, 2.45) is 0 Å². The maximum atomic E-state index is 12.3. The average molecular weight is 274 g/mol. The van der Waals surface area contributed by atoms with Crippen LogP contribution in [0.3, 0.4) is 0 Å². The quantitative estimate of drug-likeness (QED) is 0.914. The zero-order valence-electron chi connectivity index (χ0n) is 8.60. The first kappa shape index (κ1) is 12.5. The van der Waals surface area contributed by atoms with Gasteiger partial charge in [-0.3, -0.25) is 0 Å². The number of carboxylic acid groups (broad SMARTS) is 1. The van der Waals surface area contributed by atoms with Gasteiger partial charge >= 0.3 is 12.1 Å². The first-order valence-corrected chi connectivity index (χ1v) is 5.40. The Morgan fingerprint density at radius 2 is 1.83 bits per heavy atom. The lowest BCUT2D eigenvalue weighted by Crippen LogP contribution is -2.04. The number of hydrogen-bond acceptors (Lipinski definition) is 4. The molecule has 0 aliphatic carbocycles. The molecule has 0 aliphatic rings. The fourth-order valence-electron chi connectivity index (χ4n) is 1.24. The second-order valence-electron chi connectivity index (χ2n) is 3.30. The Hall–Kier alpha value is -1.96. The minimum absolute atomic E-state index is 0.103. The Morgan fingerprint density at radius 3 is 2.28 bits per heavy atom. The van der Waals surface area contributed by atoms with Crippen molar-refractivity contribution < 1.29 is 23.1 Å². The van der Waals surface area contributed by atoms with Crippen LogP contribution in [0.2, 0.25) is 0 Å². The molecule has 8 heteroatoms. The maximum absolute atomic E-state index is 12.3. The van der Waals surface area contributed by atoms with Crippen LogP contribution in [-0.4, -0.2) is 20.4 Å². The number of aromatic nitrogens is 2. The van der Waals surface area contributed by atoms with Crippen LogP contribution in [0.15, 0.2) is 24.3 Å². The van der Waals surface area contributed by atoms with E-state index in [1.54, 1.807) is 0 Å². The van der Waals surface area contributed by atoms with Gasteiger partial charge in [0.2, 0.25) is 5.01 Å². The molecule has 4 nitrogen and oxygen atoms in total. The van der Waals surface area contributed by atoms with Gasteiger partial charge in [0.15, 0.2) is 5.82 Å². The molecule has 94 valence electrons. The Kier molecular flexibility index (Phi) is 3.04. The summed E-state index contributed by atoms with van der Waals surface area (Å²) in [5, 5.41) is 8.45. The van der Waals surface area contributed by atoms with Crippen molar-refractivity contribution in [2.45, 2.75) is 6.18 Å². The number of benzene rings is 1. The van der Waals surface area contributed by atoms with E-state index in [1.165, 1.54) is 12.1 Å². The highest BCUT2D eigenvalue weighted by Crippen LogP contribution is 2.30. The standard InChI is InChI=1S/C10H5F3N2O2S/c11-10(12,13)6-3-1-5(2-4-6)7-14-8(9(16)17)18-15-7/h1-4H,(H,16,17). The van der Waals surface area contributed by atoms with E-state index in [0.717, 1.165) is 12.1 Å². The SMILES string of the molecule is O=C(O)c1nc(-c2ccc(C(F)(F)F)cc2)ns1. The van der Waals surface area contributed by atoms with Crippen molar-refractivity contribution in [3.63, 3.8) is 0 Å². The summed E-state index contributed by atoms with van der Waals surface area (Å²) in [5.74, 6) is -1.11. The Balaban J connectivity index is 2.31. The van der Waals surface area contributed by atoms with Crippen LogP contribution in [0.5, 0.6) is 0 Å². The molecule has 2 aromatic rings. The fraction of sp³-hybridized carbons (Fsp3) is 0.100. The molecule has 1 N–H and O–H groups in total. The van der Waals surface area contributed by atoms with Gasteiger partial charge in [-0.2, -0.15) is 17.5 Å². The van der Waals surface area contributed by atoms with Gasteiger partial charge in [-0.25, -0.2) is 9.78 Å². The average Bonchev–Trinajstić information content (AvgIpc) is 2.77. The predicted molar refractivity (Wildman–Crippen MR) is 57.3 cm³/mol. The summed E-state index contributed by atoms with van der Waals surface area (Å²) in [5.41, 5.74) is -0.438. The van der Waals surface area contributed by atoms with Gasteiger partial charge in [0.05, 0.1) is 5.56 Å². The summed E-state index contributed by atoms with van der Waals surface area (Å²) < 4.78 is 40.7. The molecule has 0 saturated carbocycles. The third-order valence-electron chi connectivity index (χ3n) is 2.08. The Morgan fingerprint density at radius 1 is 1.22 bits per heavy atom. The van der Waals surface area contributed by atoms with Crippen LogP contribution < -0.4 is 0 Å². The first-order chi connectivity index (χ1) is 8.38. The van der Waals surface area contributed by atoms with Crippen LogP contribution in [0.1, 0.15) is 15.4 Å². The summed E-state index contributed by atoms with van der Waals surface area (Å²) in [6.07, 6.45) is -4.40. The molecule has 1 aromatic carbocycles. The third kappa shape index (κ3) is 2.48. The van der Waals surface area contributed by atoms with Crippen molar-refractivity contribution in [1.82, 2.24) is 9.36 Å². The van der Waals surface area contributed by atoms with Gasteiger partial charge in [0.25, 0.3) is 0 Å². The monoisotopic (exact) mass is 274 g/mol. The molecule has 18 heavy (non-hydrogen) atoms. The molecule has 0 atom stereocenters. The molecule has 0 spiro atoms. The summed E-state index contributed by atoms with van der Waals surface area (Å²) >= 11 is 0.679. The number of carboxylic acids is 1. The summed E-state index contributed by atoms with van der Waals surface area (Å²) in [6, 6.07) is 4.21. The molecule has 0 amide bonds. The molecule has 0 radical (unpaired) electrons. The topological polar surface area (TPSA) is 63.1 Å². The lowest BCUT2D eigenvalue weighted by molar-refractivity contribution is -0.137. The minimum atomic E-state index is -4.40. The van der Waals surface area contributed by atoms with Crippen molar-refractivity contribution in [3.05, 3.63) is 34.8 Å². The van der Waals surface area contributed by atoms with Crippen molar-refractivity contribution >= 4 is 17.5 Å². The van der Waals surface area contributed by atoms with E-state index in [1.807, 2.05) is 0 Å². The van der Waals surface area contributed by atoms with Gasteiger partial charge < -0.3 is 5.11 Å². The highest BCUT2D eigenvalue weighted by atomic mass is 32.1. The summed E-state index contributed by atoms with van der Waals surface area (Å²) in [7, 11) is 0. The van der Waals surface area contributed by atoms with E-state index in [9.17, 15) is 18.0 Å². The first-order valence-electron chi connectivity index (χ1n) is 4.62. The number of nitrogens with zero attached hydrogens (tertiary/aromatic N) is 2. The lowest BCUT2D eigenvalue weighted by atomic mass is 10.1. The molecule has 0 aliphatic heterocycles. The Labute approximate surface area is 103 Å². The van der Waals surface area contributed by atoms with E-state index >= 15 is 0 Å². The second-order valence-corrected chi connectivity index (χ2v) is 4.06. The summed E-state index contributed by atoms with van der Waals surface area (Å²) in [4.78, 5) is 14.3. The predicted octanol–water partition coefficient (Wildman–Crippen LogP) is 2.92. The number of halogens is 3. The highest BCUT2D eigenvalue weighted by Gasteiger charge is 2.30. The van der Waals surface area contributed by atoms with Crippen molar-refractivity contribution in [1.29, 1.82) is 0 Å². The van der Waals surface area contributed by atoms with E-state index < -0.39 is 17.7 Å². The van der Waals surface area contributed by atoms with Crippen LogP contribution in [0, 0.1) is 0 Å². The van der Waals surface area contributed by atoms with Gasteiger partial charge in [-0.1, -0.05) is 12.1 Å². The largest absolute Gasteiger partial charge is 0.476 e. The van der Waals surface area contributed by atoms with Crippen molar-refractivity contribution in [3.8, 4) is 11.4 Å². The van der Waals surface area contributed by atoms with Gasteiger partial charge in [0, 0.05) is 5.56 Å². The molecule has 0 saturated heterocycles. The summed E-state index contributed by atoms with van der Waals surface area (Å²) in [6.45, 7) is 0. The Bertz CT molecular complexity index is 578. The molecular weight excluding hydrogens is 269 g/mol. The van der Waals surface area contributed by atoms with Crippen LogP contribution in [-0.2, 0) is 6.18 Å². The third-order valence-corrected chi connectivity index (χ3v) is 2.78. The van der Waals surface area contributed by atoms with E-state index in [-0.39, 0.29) is 10.8 Å². The lowest BCUT2D eigenvalue weighted by Gasteiger charge is -2.05. The molecule has 2 rings (SSSR count). The fourth-order valence-corrected chi connectivity index (χ4v) is 1.76. The zero-order valence-corrected chi connectivity index (χ0v) is 9.42. The minimum Gasteiger partial charge on any atom is -0.476 e. The molecule has 0 unspecified atom stereocenters. The second kappa shape index (κ2) is 4.37. The normalized spacial score (nSPS) is 11.5. The number of aromatic carboxylic acids is 1. The maximum Gasteiger partial charge on any atom is 0.416 e. The molecule has 1 heterocycles. The molecule has 1 aromatic heterocycles. The van der Waals surface area contributed by atoms with E-state index in [2.05, 4.69) is 9.36 Å². The van der Waals surface area contributed by atoms with Gasteiger partial charge in [-0.05, 0) is 23.7 Å². The highest BCUT2D eigenvalue weighted by molar-refractivity contribution is 7.07. The zero-order chi connectivity index (χ0) is 13.3. The molecule has 0 bridgehead atoms. The van der Waals surface area contributed by atoms with Gasteiger partial charge in [0.1, 0.15) is 0 Å². The number of rotatable bonds is 2. The molecular formula is C10H5F3N2O2S. The van der Waals surface area contributed by atoms with Crippen LogP contribution in [0.4, 0.5) is 13.2 Å². The van der Waals surface area contributed by atoms with E-state index in [0.29, 0.717) is 17.1 Å². The number of carbonyl (C=O) groups is 1.